The molecule has 1 fully saturated rings. The van der Waals surface area contributed by atoms with Crippen molar-refractivity contribution in [3.05, 3.63) is 109 Å². The van der Waals surface area contributed by atoms with Crippen LogP contribution in [0.5, 0.6) is 5.75 Å². The number of fused-ring (bicyclic) bond motifs is 1. The Morgan fingerprint density at radius 1 is 0.772 bits per heavy atom. The number of nitrogens with one attached hydrogen (secondary N) is 4. The SMILES string of the molecule is C=CCN1C(=O)C(NC(=O)Nc2cccc(COC(=O)NCCCC(=O)NCCCOc3cccc(CN4CCCCC4)c3)c2)C(=O)N(CC=C)c2ccccc21. The van der Waals surface area contributed by atoms with Crippen LogP contribution in [0.4, 0.5) is 26.7 Å². The molecule has 0 aliphatic carbocycles. The van der Waals surface area contributed by atoms with Crippen LogP contribution in [0.15, 0.2) is 98.1 Å². The fraction of sp³-hybridized carbons (Fsp3) is 0.372. The Morgan fingerprint density at radius 3 is 2.14 bits per heavy atom. The van der Waals surface area contributed by atoms with Crippen LogP contribution in [0.2, 0.25) is 0 Å². The summed E-state index contributed by atoms with van der Waals surface area (Å²) in [7, 11) is 0. The van der Waals surface area contributed by atoms with Gasteiger partial charge in [-0.25, -0.2) is 9.59 Å². The highest BCUT2D eigenvalue weighted by molar-refractivity contribution is 6.22. The molecule has 3 aromatic rings. The number of alkyl carbamates (subject to hydrolysis) is 1. The second-order valence-corrected chi connectivity index (χ2v) is 13.8. The Hall–Kier alpha value is -6.15. The van der Waals surface area contributed by atoms with E-state index in [-0.39, 0.29) is 38.6 Å². The molecule has 0 spiro atoms. The van der Waals surface area contributed by atoms with Gasteiger partial charge >= 0.3 is 12.1 Å². The molecule has 2 aliphatic heterocycles. The Balaban J connectivity index is 0.978. The summed E-state index contributed by atoms with van der Waals surface area (Å²) in [6.45, 7) is 12.1. The number of carbonyl (C=O) groups is 5. The van der Waals surface area contributed by atoms with Crippen LogP contribution < -0.4 is 35.8 Å². The van der Waals surface area contributed by atoms with Gasteiger partial charge in [0, 0.05) is 44.8 Å². The molecule has 0 aromatic heterocycles. The molecule has 0 radical (unpaired) electrons. The number of amides is 6. The smallest absolute Gasteiger partial charge is 0.407 e. The Morgan fingerprint density at radius 2 is 1.44 bits per heavy atom. The van der Waals surface area contributed by atoms with Crippen molar-refractivity contribution in [2.75, 3.05) is 61.0 Å². The Labute approximate surface area is 334 Å². The topological polar surface area (TPSA) is 162 Å². The van der Waals surface area contributed by atoms with E-state index in [9.17, 15) is 24.0 Å². The van der Waals surface area contributed by atoms with Gasteiger partial charge in [-0.05, 0) is 86.3 Å². The van der Waals surface area contributed by atoms with Gasteiger partial charge in [-0.15, -0.1) is 13.2 Å². The molecule has 14 nitrogen and oxygen atoms in total. The molecule has 302 valence electrons. The molecule has 5 rings (SSSR count). The third-order valence-electron chi connectivity index (χ3n) is 9.46. The number of ether oxygens (including phenoxy) is 2. The van der Waals surface area contributed by atoms with Crippen LogP contribution >= 0.6 is 0 Å². The number of carbonyl (C=O) groups excluding carboxylic acids is 5. The van der Waals surface area contributed by atoms with E-state index in [1.807, 2.05) is 12.1 Å². The van der Waals surface area contributed by atoms with Crippen molar-refractivity contribution in [1.82, 2.24) is 20.9 Å². The molecule has 6 amide bonds. The molecule has 1 saturated heterocycles. The number of piperidine rings is 1. The fourth-order valence-corrected chi connectivity index (χ4v) is 6.70. The van der Waals surface area contributed by atoms with Crippen molar-refractivity contribution < 1.29 is 33.4 Å². The van der Waals surface area contributed by atoms with E-state index in [1.54, 1.807) is 60.7 Å². The number of nitrogens with zero attached hydrogens (tertiary/aromatic N) is 3. The third kappa shape index (κ3) is 12.7. The van der Waals surface area contributed by atoms with Gasteiger partial charge in [0.25, 0.3) is 11.8 Å². The molecule has 4 N–H and O–H groups in total. The van der Waals surface area contributed by atoms with Gasteiger partial charge < -0.3 is 40.5 Å². The van der Waals surface area contributed by atoms with Crippen LogP contribution in [0.3, 0.4) is 0 Å². The van der Waals surface area contributed by atoms with Gasteiger partial charge in [0.2, 0.25) is 5.91 Å². The predicted octanol–water partition coefficient (Wildman–Crippen LogP) is 5.51. The summed E-state index contributed by atoms with van der Waals surface area (Å²) in [5, 5.41) is 10.7. The van der Waals surface area contributed by atoms with E-state index in [1.165, 1.54) is 34.6 Å². The molecule has 0 unspecified atom stereocenters. The van der Waals surface area contributed by atoms with Crippen molar-refractivity contribution in [3.63, 3.8) is 0 Å². The van der Waals surface area contributed by atoms with E-state index in [4.69, 9.17) is 9.47 Å². The maximum absolute atomic E-state index is 13.6. The lowest BCUT2D eigenvalue weighted by Gasteiger charge is -2.26. The first-order valence-corrected chi connectivity index (χ1v) is 19.5. The van der Waals surface area contributed by atoms with Crippen LogP contribution in [-0.4, -0.2) is 86.7 Å². The number of para-hydroxylation sites is 2. The summed E-state index contributed by atoms with van der Waals surface area (Å²) in [6, 6.07) is 19.5. The number of anilines is 3. The maximum Gasteiger partial charge on any atom is 0.407 e. The molecule has 0 atom stereocenters. The normalized spacial score (nSPS) is 14.5. The van der Waals surface area contributed by atoms with Gasteiger partial charge in [0.15, 0.2) is 6.04 Å². The molecular weight excluding hydrogens is 727 g/mol. The molecular formula is C43H53N7O7. The minimum atomic E-state index is -1.51. The number of urea groups is 1. The van der Waals surface area contributed by atoms with E-state index in [0.29, 0.717) is 48.6 Å². The zero-order chi connectivity index (χ0) is 40.4. The molecule has 3 aromatic carbocycles. The van der Waals surface area contributed by atoms with Crippen LogP contribution in [-0.2, 0) is 32.3 Å². The molecule has 0 saturated carbocycles. The number of rotatable bonds is 19. The largest absolute Gasteiger partial charge is 0.494 e. The van der Waals surface area contributed by atoms with E-state index in [2.05, 4.69) is 51.5 Å². The second-order valence-electron chi connectivity index (χ2n) is 13.8. The van der Waals surface area contributed by atoms with Gasteiger partial charge in [0.05, 0.1) is 18.0 Å². The van der Waals surface area contributed by atoms with E-state index in [0.717, 1.165) is 25.4 Å². The number of benzene rings is 3. The van der Waals surface area contributed by atoms with Gasteiger partial charge in [0.1, 0.15) is 12.4 Å². The molecule has 57 heavy (non-hydrogen) atoms. The summed E-state index contributed by atoms with van der Waals surface area (Å²) in [4.78, 5) is 70.3. The number of hydrogen-bond acceptors (Lipinski definition) is 8. The zero-order valence-electron chi connectivity index (χ0n) is 32.4. The summed E-state index contributed by atoms with van der Waals surface area (Å²) >= 11 is 0. The van der Waals surface area contributed by atoms with Crippen molar-refractivity contribution in [3.8, 4) is 5.75 Å². The van der Waals surface area contributed by atoms with E-state index >= 15 is 0 Å². The lowest BCUT2D eigenvalue weighted by atomic mass is 10.1. The van der Waals surface area contributed by atoms with Crippen molar-refractivity contribution >= 4 is 46.9 Å². The molecule has 0 bridgehead atoms. The van der Waals surface area contributed by atoms with Gasteiger partial charge in [-0.2, -0.15) is 0 Å². The second kappa shape index (κ2) is 21.8. The minimum absolute atomic E-state index is 0.0842. The lowest BCUT2D eigenvalue weighted by Crippen LogP contribution is -2.56. The molecule has 2 heterocycles. The van der Waals surface area contributed by atoms with Crippen molar-refractivity contribution in [2.24, 2.45) is 0 Å². The van der Waals surface area contributed by atoms with Crippen LogP contribution in [0, 0.1) is 0 Å². The Bertz CT molecular complexity index is 1830. The summed E-state index contributed by atoms with van der Waals surface area (Å²) in [5.41, 5.74) is 3.21. The monoisotopic (exact) mass is 779 g/mol. The first kappa shape index (κ1) is 42.0. The number of likely N-dealkylation sites (tertiary alicyclic amines) is 1. The maximum atomic E-state index is 13.6. The first-order chi connectivity index (χ1) is 27.7. The highest BCUT2D eigenvalue weighted by Gasteiger charge is 2.40. The molecule has 14 heteroatoms. The van der Waals surface area contributed by atoms with Crippen LogP contribution in [0.25, 0.3) is 0 Å². The third-order valence-corrected chi connectivity index (χ3v) is 9.46. The molecule has 2 aliphatic rings. The zero-order valence-corrected chi connectivity index (χ0v) is 32.4. The average Bonchev–Trinajstić information content (AvgIpc) is 3.29. The summed E-state index contributed by atoms with van der Waals surface area (Å²) < 4.78 is 11.2. The summed E-state index contributed by atoms with van der Waals surface area (Å²) in [6.07, 6.45) is 7.63. The van der Waals surface area contributed by atoms with Crippen molar-refractivity contribution in [1.29, 1.82) is 0 Å². The minimum Gasteiger partial charge on any atom is -0.494 e. The Kier molecular flexibility index (Phi) is 16.1. The average molecular weight is 780 g/mol. The van der Waals surface area contributed by atoms with E-state index < -0.39 is 30.0 Å². The predicted molar refractivity (Wildman–Crippen MR) is 220 cm³/mol. The van der Waals surface area contributed by atoms with Crippen LogP contribution in [0.1, 0.15) is 49.7 Å². The quantitative estimate of drug-likeness (QED) is 0.0705. The highest BCUT2D eigenvalue weighted by atomic mass is 16.5. The lowest BCUT2D eigenvalue weighted by molar-refractivity contribution is -0.128. The van der Waals surface area contributed by atoms with Gasteiger partial charge in [-0.1, -0.05) is 55.0 Å². The van der Waals surface area contributed by atoms with Gasteiger partial charge in [-0.3, -0.25) is 19.3 Å². The summed E-state index contributed by atoms with van der Waals surface area (Å²) in [5.74, 6) is -0.486. The van der Waals surface area contributed by atoms with Crippen molar-refractivity contribution in [2.45, 2.75) is 57.7 Å². The number of hydrogen-bond donors (Lipinski definition) is 4. The first-order valence-electron chi connectivity index (χ1n) is 19.5. The standard InChI is InChI=1S/C43H53N7O7/c1-3-23-49-36-18-6-7-19-37(36)50(24-4-2)41(53)39(40(49)52)47-42(54)46-34-16-10-15-33(28-34)31-57-43(55)45-21-12-20-38(51)44-22-13-27-56-35-17-11-14-32(29-35)30-48-25-8-5-9-26-48/h3-4,6-7,10-11,14-19,28-29,39H,1-2,5,8-9,12-13,20-27,30-31H2,(H,44,51)(H,45,55)(H2,46,47,54). The highest BCUT2D eigenvalue weighted by Crippen LogP contribution is 2.33. The fourth-order valence-electron chi connectivity index (χ4n) is 6.70.